The van der Waals surface area contributed by atoms with E-state index < -0.39 is 0 Å². The fraction of sp³-hybridized carbons (Fsp3) is 0.953. The zero-order valence-electron chi connectivity index (χ0n) is 33.4. The Bertz CT molecular complexity index is 691. The molecule has 1 fully saturated rings. The van der Waals surface area contributed by atoms with E-state index in [1.165, 1.54) is 135 Å². The molecule has 0 saturated carbocycles. The maximum atomic E-state index is 13.1. The minimum Gasteiger partial charge on any atom is -0.461 e. The van der Waals surface area contributed by atoms with Gasteiger partial charge in [-0.25, -0.2) is 0 Å². The van der Waals surface area contributed by atoms with Gasteiger partial charge in [0.2, 0.25) is 0 Å². The number of likely N-dealkylation sites (tertiary alicyclic amines) is 1. The standard InChI is InChI=1S/C43H84N2O4/c1-5-9-13-17-21-24-30-40(48-42(46)32-26-19-15-11-7-3)38-45(37-36-44-34-28-23-29-35-44)39-41(31-25-22-18-14-10-6-2)49-43(47)33-27-20-16-12-8-4/h40-41H,5-39H2,1-4H3. The quantitative estimate of drug-likeness (QED) is 0.0487. The largest absolute Gasteiger partial charge is 0.461 e. The normalized spacial score (nSPS) is 15.0. The Hall–Kier alpha value is -1.14. The molecule has 49 heavy (non-hydrogen) atoms. The molecule has 0 radical (unpaired) electrons. The van der Waals surface area contributed by atoms with Crippen molar-refractivity contribution in [2.45, 2.75) is 226 Å². The van der Waals surface area contributed by atoms with Crippen LogP contribution < -0.4 is 0 Å². The molecule has 1 heterocycles. The molecular formula is C43H84N2O4. The molecule has 2 unspecified atom stereocenters. The minimum atomic E-state index is -0.0976. The lowest BCUT2D eigenvalue weighted by atomic mass is 10.0. The van der Waals surface area contributed by atoms with E-state index >= 15 is 0 Å². The molecule has 1 rings (SSSR count). The van der Waals surface area contributed by atoms with Gasteiger partial charge in [-0.15, -0.1) is 0 Å². The summed E-state index contributed by atoms with van der Waals surface area (Å²) in [4.78, 5) is 31.3. The van der Waals surface area contributed by atoms with Crippen LogP contribution in [0.5, 0.6) is 0 Å². The van der Waals surface area contributed by atoms with Crippen molar-refractivity contribution < 1.29 is 19.1 Å². The van der Waals surface area contributed by atoms with E-state index in [2.05, 4.69) is 37.5 Å². The van der Waals surface area contributed by atoms with E-state index in [1.807, 2.05) is 0 Å². The SMILES string of the molecule is CCCCCCCCC(CN(CCN1CCCCC1)CC(CCCCCCCC)OC(=O)CCCCCCC)OC(=O)CCCCCCC. The number of ether oxygens (including phenoxy) is 2. The molecular weight excluding hydrogens is 608 g/mol. The zero-order valence-corrected chi connectivity index (χ0v) is 33.4. The second-order valence-electron chi connectivity index (χ2n) is 15.3. The van der Waals surface area contributed by atoms with Gasteiger partial charge in [0.1, 0.15) is 12.2 Å². The first-order chi connectivity index (χ1) is 24.0. The van der Waals surface area contributed by atoms with Crippen LogP contribution in [-0.2, 0) is 19.1 Å². The number of rotatable bonds is 35. The third kappa shape index (κ3) is 28.2. The lowest BCUT2D eigenvalue weighted by molar-refractivity contribution is -0.152. The molecule has 0 aromatic heterocycles. The summed E-state index contributed by atoms with van der Waals surface area (Å²) >= 11 is 0. The van der Waals surface area contributed by atoms with Gasteiger partial charge in [-0.05, 0) is 64.5 Å². The van der Waals surface area contributed by atoms with Gasteiger partial charge in [0.15, 0.2) is 0 Å². The molecule has 0 spiro atoms. The Labute approximate surface area is 305 Å². The Balaban J connectivity index is 2.98. The van der Waals surface area contributed by atoms with Gasteiger partial charge in [-0.2, -0.15) is 0 Å². The molecule has 1 saturated heterocycles. The lowest BCUT2D eigenvalue weighted by Crippen LogP contribution is -2.45. The summed E-state index contributed by atoms with van der Waals surface area (Å²) in [5.41, 5.74) is 0. The molecule has 6 nitrogen and oxygen atoms in total. The van der Waals surface area contributed by atoms with Crippen molar-refractivity contribution in [2.24, 2.45) is 0 Å². The third-order valence-corrected chi connectivity index (χ3v) is 10.4. The summed E-state index contributed by atoms with van der Waals surface area (Å²) in [6, 6.07) is 0. The lowest BCUT2D eigenvalue weighted by Gasteiger charge is -2.33. The molecule has 2 atom stereocenters. The number of piperidine rings is 1. The van der Waals surface area contributed by atoms with Crippen LogP contribution in [-0.4, -0.2) is 73.2 Å². The van der Waals surface area contributed by atoms with Crippen LogP contribution in [0.2, 0.25) is 0 Å². The van der Waals surface area contributed by atoms with E-state index in [4.69, 9.17) is 9.47 Å². The molecule has 1 aliphatic rings. The van der Waals surface area contributed by atoms with E-state index in [0.29, 0.717) is 12.8 Å². The zero-order chi connectivity index (χ0) is 35.6. The highest BCUT2D eigenvalue weighted by molar-refractivity contribution is 5.69. The maximum absolute atomic E-state index is 13.1. The van der Waals surface area contributed by atoms with Crippen molar-refractivity contribution >= 4 is 11.9 Å². The predicted molar refractivity (Wildman–Crippen MR) is 209 cm³/mol. The van der Waals surface area contributed by atoms with E-state index in [1.54, 1.807) is 0 Å². The molecule has 0 amide bonds. The van der Waals surface area contributed by atoms with Crippen molar-refractivity contribution in [1.29, 1.82) is 0 Å². The monoisotopic (exact) mass is 693 g/mol. The van der Waals surface area contributed by atoms with Gasteiger partial charge in [0.25, 0.3) is 0 Å². The highest BCUT2D eigenvalue weighted by Gasteiger charge is 2.24. The van der Waals surface area contributed by atoms with Crippen LogP contribution >= 0.6 is 0 Å². The highest BCUT2D eigenvalue weighted by atomic mass is 16.5. The summed E-state index contributed by atoms with van der Waals surface area (Å²) in [5.74, 6) is -0.0526. The van der Waals surface area contributed by atoms with Crippen molar-refractivity contribution in [3.8, 4) is 0 Å². The van der Waals surface area contributed by atoms with Crippen LogP contribution in [0, 0.1) is 0 Å². The molecule has 290 valence electrons. The van der Waals surface area contributed by atoms with Crippen LogP contribution in [0.15, 0.2) is 0 Å². The first-order valence-corrected chi connectivity index (χ1v) is 21.9. The highest BCUT2D eigenvalue weighted by Crippen LogP contribution is 2.18. The van der Waals surface area contributed by atoms with E-state index in [-0.39, 0.29) is 24.1 Å². The number of carbonyl (C=O) groups is 2. The van der Waals surface area contributed by atoms with Crippen LogP contribution in [0.4, 0.5) is 0 Å². The van der Waals surface area contributed by atoms with Gasteiger partial charge in [0, 0.05) is 39.0 Å². The molecule has 0 aliphatic carbocycles. The Morgan fingerprint density at radius 1 is 0.510 bits per heavy atom. The average Bonchev–Trinajstić information content (AvgIpc) is 3.10. The number of unbranched alkanes of at least 4 members (excludes halogenated alkanes) is 18. The minimum absolute atomic E-state index is 0.0263. The maximum Gasteiger partial charge on any atom is 0.306 e. The predicted octanol–water partition coefficient (Wildman–Crippen LogP) is 11.8. The molecule has 0 N–H and O–H groups in total. The van der Waals surface area contributed by atoms with Crippen molar-refractivity contribution in [3.05, 3.63) is 0 Å². The Morgan fingerprint density at radius 3 is 1.29 bits per heavy atom. The van der Waals surface area contributed by atoms with Gasteiger partial charge < -0.3 is 14.4 Å². The summed E-state index contributed by atoms with van der Waals surface area (Å²) < 4.78 is 12.6. The van der Waals surface area contributed by atoms with Crippen LogP contribution in [0.3, 0.4) is 0 Å². The molecule has 1 aliphatic heterocycles. The molecule has 0 aromatic carbocycles. The molecule has 0 bridgehead atoms. The first kappa shape index (κ1) is 45.9. The van der Waals surface area contributed by atoms with Gasteiger partial charge >= 0.3 is 11.9 Å². The number of nitrogens with zero attached hydrogens (tertiary/aromatic N) is 2. The second-order valence-corrected chi connectivity index (χ2v) is 15.3. The van der Waals surface area contributed by atoms with Gasteiger partial charge in [-0.3, -0.25) is 14.5 Å². The number of hydrogen-bond donors (Lipinski definition) is 0. The fourth-order valence-electron chi connectivity index (χ4n) is 7.21. The van der Waals surface area contributed by atoms with Crippen LogP contribution in [0.1, 0.15) is 214 Å². The average molecular weight is 693 g/mol. The molecule has 6 heteroatoms. The topological polar surface area (TPSA) is 59.1 Å². The second kappa shape index (κ2) is 34.0. The summed E-state index contributed by atoms with van der Waals surface area (Å²) in [6.07, 6.45) is 32.9. The van der Waals surface area contributed by atoms with E-state index in [0.717, 1.165) is 77.5 Å². The Kier molecular flexibility index (Phi) is 31.8. The van der Waals surface area contributed by atoms with E-state index in [9.17, 15) is 9.59 Å². The van der Waals surface area contributed by atoms with Gasteiger partial charge in [0.05, 0.1) is 0 Å². The first-order valence-electron chi connectivity index (χ1n) is 21.9. The number of esters is 2. The summed E-state index contributed by atoms with van der Waals surface area (Å²) in [5, 5.41) is 0. The number of carbonyl (C=O) groups excluding carboxylic acids is 2. The summed E-state index contributed by atoms with van der Waals surface area (Å²) in [7, 11) is 0. The van der Waals surface area contributed by atoms with Crippen molar-refractivity contribution in [3.63, 3.8) is 0 Å². The van der Waals surface area contributed by atoms with Gasteiger partial charge in [-0.1, -0.05) is 150 Å². The third-order valence-electron chi connectivity index (χ3n) is 10.4. The summed E-state index contributed by atoms with van der Waals surface area (Å²) in [6.45, 7) is 14.8. The Morgan fingerprint density at radius 2 is 0.878 bits per heavy atom. The number of hydrogen-bond acceptors (Lipinski definition) is 6. The molecule has 0 aromatic rings. The fourth-order valence-corrected chi connectivity index (χ4v) is 7.21. The smallest absolute Gasteiger partial charge is 0.306 e. The van der Waals surface area contributed by atoms with Crippen molar-refractivity contribution in [2.75, 3.05) is 39.3 Å². The van der Waals surface area contributed by atoms with Crippen molar-refractivity contribution in [1.82, 2.24) is 9.80 Å². The van der Waals surface area contributed by atoms with Crippen LogP contribution in [0.25, 0.3) is 0 Å².